The molecule has 2 nitrogen and oxygen atoms in total. The van der Waals surface area contributed by atoms with E-state index in [0.29, 0.717) is 5.92 Å². The average Bonchev–Trinajstić information content (AvgIpc) is 2.50. The zero-order valence-electron chi connectivity index (χ0n) is 13.4. The number of benzene rings is 1. The Hall–Kier alpha value is -0.930. The molecule has 118 valence electrons. The molecule has 0 aliphatic carbocycles. The van der Waals surface area contributed by atoms with Gasteiger partial charge in [-0.3, -0.25) is 0 Å². The fourth-order valence-electron chi connectivity index (χ4n) is 3.30. The van der Waals surface area contributed by atoms with Crippen molar-refractivity contribution >= 4 is 0 Å². The number of hydrogen-bond donors (Lipinski definition) is 1. The van der Waals surface area contributed by atoms with Crippen molar-refractivity contribution in [3.8, 4) is 0 Å². The summed E-state index contributed by atoms with van der Waals surface area (Å²) in [5.74, 6) is 0.322. The molecule has 1 heterocycles. The van der Waals surface area contributed by atoms with E-state index in [1.165, 1.54) is 32.4 Å². The second-order valence-corrected chi connectivity index (χ2v) is 6.29. The van der Waals surface area contributed by atoms with Crippen molar-refractivity contribution in [3.05, 3.63) is 35.6 Å². The Morgan fingerprint density at radius 1 is 1.19 bits per heavy atom. The summed E-state index contributed by atoms with van der Waals surface area (Å²) in [4.78, 5) is 2.54. The summed E-state index contributed by atoms with van der Waals surface area (Å²) < 4.78 is 14.2. The van der Waals surface area contributed by atoms with Crippen molar-refractivity contribution < 1.29 is 4.39 Å². The van der Waals surface area contributed by atoms with Crippen LogP contribution in [0.15, 0.2) is 24.3 Å². The lowest BCUT2D eigenvalue weighted by Gasteiger charge is -2.33. The molecule has 0 spiro atoms. The standard InChI is InChI=1S/C18H29FN2/c1-3-11-20-18(16-9-5-6-10-17(16)19)15(2)14-21-12-7-4-8-13-21/h5-6,9-10,15,18,20H,3-4,7-8,11-14H2,1-2H3. The lowest BCUT2D eigenvalue weighted by Crippen LogP contribution is -2.38. The molecule has 0 aromatic heterocycles. The number of nitrogens with zero attached hydrogens (tertiary/aromatic N) is 1. The van der Waals surface area contributed by atoms with E-state index in [0.717, 1.165) is 25.1 Å². The van der Waals surface area contributed by atoms with Gasteiger partial charge in [-0.15, -0.1) is 0 Å². The lowest BCUT2D eigenvalue weighted by atomic mass is 9.92. The van der Waals surface area contributed by atoms with Crippen LogP contribution in [-0.4, -0.2) is 31.1 Å². The second-order valence-electron chi connectivity index (χ2n) is 6.29. The van der Waals surface area contributed by atoms with Crippen molar-refractivity contribution in [2.75, 3.05) is 26.2 Å². The molecule has 1 aromatic carbocycles. The Morgan fingerprint density at radius 3 is 2.57 bits per heavy atom. The summed E-state index contributed by atoms with van der Waals surface area (Å²) in [5.41, 5.74) is 0.815. The van der Waals surface area contributed by atoms with E-state index in [-0.39, 0.29) is 11.9 Å². The predicted molar refractivity (Wildman–Crippen MR) is 86.9 cm³/mol. The third-order valence-electron chi connectivity index (χ3n) is 4.42. The molecule has 2 atom stereocenters. The van der Waals surface area contributed by atoms with Crippen LogP contribution >= 0.6 is 0 Å². The van der Waals surface area contributed by atoms with Gasteiger partial charge in [-0.25, -0.2) is 4.39 Å². The lowest BCUT2D eigenvalue weighted by molar-refractivity contribution is 0.180. The first-order valence-corrected chi connectivity index (χ1v) is 8.42. The molecule has 1 N–H and O–H groups in total. The Balaban J connectivity index is 2.05. The van der Waals surface area contributed by atoms with Gasteiger partial charge >= 0.3 is 0 Å². The Morgan fingerprint density at radius 2 is 1.90 bits per heavy atom. The highest BCUT2D eigenvalue weighted by Gasteiger charge is 2.24. The molecule has 0 amide bonds. The molecule has 0 bridgehead atoms. The Bertz CT molecular complexity index is 415. The Kier molecular flexibility index (Phi) is 6.65. The summed E-state index contributed by atoms with van der Waals surface area (Å²) >= 11 is 0. The largest absolute Gasteiger partial charge is 0.310 e. The molecule has 0 radical (unpaired) electrons. The van der Waals surface area contributed by atoms with E-state index < -0.39 is 0 Å². The van der Waals surface area contributed by atoms with E-state index >= 15 is 0 Å². The molecule has 1 saturated heterocycles. The summed E-state index contributed by atoms with van der Waals surface area (Å²) in [6, 6.07) is 7.31. The molecule has 1 aromatic rings. The first kappa shape index (κ1) is 16.4. The van der Waals surface area contributed by atoms with Gasteiger partial charge in [0, 0.05) is 18.2 Å². The number of piperidine rings is 1. The van der Waals surface area contributed by atoms with E-state index in [2.05, 4.69) is 24.1 Å². The van der Waals surface area contributed by atoms with Crippen LogP contribution in [0.1, 0.15) is 51.1 Å². The van der Waals surface area contributed by atoms with Gasteiger partial charge in [0.2, 0.25) is 0 Å². The minimum Gasteiger partial charge on any atom is -0.310 e. The molecule has 2 rings (SSSR count). The minimum atomic E-state index is -0.0865. The number of rotatable bonds is 7. The number of halogens is 1. The molecular weight excluding hydrogens is 263 g/mol. The van der Waals surface area contributed by atoms with Gasteiger partial charge in [0.05, 0.1) is 0 Å². The summed E-state index contributed by atoms with van der Waals surface area (Å²) in [6.45, 7) is 8.78. The van der Waals surface area contributed by atoms with Gasteiger partial charge < -0.3 is 10.2 Å². The van der Waals surface area contributed by atoms with E-state index in [4.69, 9.17) is 0 Å². The molecule has 3 heteroatoms. The number of nitrogens with one attached hydrogen (secondary N) is 1. The van der Waals surface area contributed by atoms with Gasteiger partial charge in [0.25, 0.3) is 0 Å². The van der Waals surface area contributed by atoms with Crippen LogP contribution in [0.25, 0.3) is 0 Å². The van der Waals surface area contributed by atoms with Crippen LogP contribution < -0.4 is 5.32 Å². The maximum atomic E-state index is 14.2. The molecule has 21 heavy (non-hydrogen) atoms. The zero-order valence-corrected chi connectivity index (χ0v) is 13.4. The van der Waals surface area contributed by atoms with Crippen LogP contribution in [-0.2, 0) is 0 Å². The van der Waals surface area contributed by atoms with Crippen LogP contribution in [0.5, 0.6) is 0 Å². The molecule has 1 aliphatic rings. The average molecular weight is 292 g/mol. The second kappa shape index (κ2) is 8.50. The molecule has 1 aliphatic heterocycles. The third-order valence-corrected chi connectivity index (χ3v) is 4.42. The van der Waals surface area contributed by atoms with Crippen LogP contribution in [0.3, 0.4) is 0 Å². The van der Waals surface area contributed by atoms with Crippen molar-refractivity contribution in [3.63, 3.8) is 0 Å². The highest BCUT2D eigenvalue weighted by Crippen LogP contribution is 2.26. The van der Waals surface area contributed by atoms with Gasteiger partial charge in [-0.2, -0.15) is 0 Å². The fraction of sp³-hybridized carbons (Fsp3) is 0.667. The Labute approximate surface area is 128 Å². The van der Waals surface area contributed by atoms with Crippen LogP contribution in [0.4, 0.5) is 4.39 Å². The smallest absolute Gasteiger partial charge is 0.127 e. The minimum absolute atomic E-state index is 0.0865. The molecule has 0 saturated carbocycles. The highest BCUT2D eigenvalue weighted by atomic mass is 19.1. The van der Waals surface area contributed by atoms with Gasteiger partial charge in [0.15, 0.2) is 0 Å². The third kappa shape index (κ3) is 4.79. The van der Waals surface area contributed by atoms with Crippen molar-refractivity contribution in [2.45, 2.75) is 45.6 Å². The van der Waals surface area contributed by atoms with Crippen molar-refractivity contribution in [1.82, 2.24) is 10.2 Å². The maximum absolute atomic E-state index is 14.2. The summed E-state index contributed by atoms with van der Waals surface area (Å²) in [6.07, 6.45) is 5.04. The first-order chi connectivity index (χ1) is 10.2. The summed E-state index contributed by atoms with van der Waals surface area (Å²) in [5, 5.41) is 3.55. The van der Waals surface area contributed by atoms with E-state index in [1.807, 2.05) is 12.1 Å². The first-order valence-electron chi connectivity index (χ1n) is 8.42. The van der Waals surface area contributed by atoms with Gasteiger partial charge in [-0.1, -0.05) is 38.5 Å². The van der Waals surface area contributed by atoms with Gasteiger partial charge in [0.1, 0.15) is 5.82 Å². The SMILES string of the molecule is CCCNC(c1ccccc1F)C(C)CN1CCCCC1. The van der Waals surface area contributed by atoms with Crippen molar-refractivity contribution in [1.29, 1.82) is 0 Å². The molecular formula is C18H29FN2. The predicted octanol–water partition coefficient (Wildman–Crippen LogP) is 3.99. The van der Waals surface area contributed by atoms with Gasteiger partial charge in [-0.05, 0) is 50.9 Å². The monoisotopic (exact) mass is 292 g/mol. The summed E-state index contributed by atoms with van der Waals surface area (Å²) in [7, 11) is 0. The quantitative estimate of drug-likeness (QED) is 0.817. The molecule has 2 unspecified atom stereocenters. The van der Waals surface area contributed by atoms with Crippen LogP contribution in [0.2, 0.25) is 0 Å². The van der Waals surface area contributed by atoms with Crippen LogP contribution in [0, 0.1) is 11.7 Å². The van der Waals surface area contributed by atoms with Crippen molar-refractivity contribution in [2.24, 2.45) is 5.92 Å². The zero-order chi connectivity index (χ0) is 15.1. The fourth-order valence-corrected chi connectivity index (χ4v) is 3.30. The highest BCUT2D eigenvalue weighted by molar-refractivity contribution is 5.22. The molecule has 1 fully saturated rings. The van der Waals surface area contributed by atoms with E-state index in [9.17, 15) is 4.39 Å². The van der Waals surface area contributed by atoms with E-state index in [1.54, 1.807) is 12.1 Å². The topological polar surface area (TPSA) is 15.3 Å². The number of hydrogen-bond acceptors (Lipinski definition) is 2. The maximum Gasteiger partial charge on any atom is 0.127 e. The normalized spacial score (nSPS) is 19.4. The number of likely N-dealkylation sites (tertiary alicyclic amines) is 1.